The van der Waals surface area contributed by atoms with Crippen molar-refractivity contribution in [2.75, 3.05) is 0 Å². The Bertz CT molecular complexity index is 1090. The number of aromatic hydroxyl groups is 1. The molecule has 0 aliphatic carbocycles. The van der Waals surface area contributed by atoms with Crippen LogP contribution >= 0.6 is 0 Å². The summed E-state index contributed by atoms with van der Waals surface area (Å²) in [7, 11) is 0. The molecule has 0 saturated heterocycles. The summed E-state index contributed by atoms with van der Waals surface area (Å²) in [6, 6.07) is 6.84. The molecule has 0 aliphatic rings. The Hall–Kier alpha value is -3.60. The van der Waals surface area contributed by atoms with Crippen LogP contribution in [0.3, 0.4) is 0 Å². The fourth-order valence-electron chi connectivity index (χ4n) is 2.25. The van der Waals surface area contributed by atoms with Gasteiger partial charge < -0.3 is 15.1 Å². The third-order valence-corrected chi connectivity index (χ3v) is 3.45. The van der Waals surface area contributed by atoms with E-state index in [1.54, 1.807) is 31.2 Å². The normalized spacial score (nSPS) is 11.1. The van der Waals surface area contributed by atoms with E-state index in [0.717, 1.165) is 0 Å². The van der Waals surface area contributed by atoms with E-state index >= 15 is 0 Å². The van der Waals surface area contributed by atoms with Crippen LogP contribution in [-0.4, -0.2) is 26.3 Å². The van der Waals surface area contributed by atoms with Crippen molar-refractivity contribution < 1.29 is 5.11 Å². The maximum Gasteiger partial charge on any atom is 0.323 e. The number of nitriles is 1. The fraction of sp³-hybridized carbons (Fsp3) is 0.0667. The van der Waals surface area contributed by atoms with Crippen molar-refractivity contribution >= 4 is 22.9 Å². The standard InChI is InChI=1S/C15H11N5O3/c1-7-9(5-16)13(21)20-14(22)10(7)6-17-8-2-3-11-12(4-8)19-15(23)18-11/h2-4,6H,1H3,(H2,18,19,23)(H2,20,21,22). The Labute approximate surface area is 128 Å². The van der Waals surface area contributed by atoms with Gasteiger partial charge in [0.2, 0.25) is 5.88 Å². The van der Waals surface area contributed by atoms with Crippen molar-refractivity contribution in [2.24, 2.45) is 4.99 Å². The number of pyridine rings is 1. The number of benzene rings is 1. The highest BCUT2D eigenvalue weighted by atomic mass is 16.3. The van der Waals surface area contributed by atoms with Gasteiger partial charge in [-0.3, -0.25) is 14.8 Å². The largest absolute Gasteiger partial charge is 0.494 e. The number of aliphatic imine (C=N–C) groups is 1. The van der Waals surface area contributed by atoms with Crippen molar-refractivity contribution in [2.45, 2.75) is 6.92 Å². The van der Waals surface area contributed by atoms with Crippen LogP contribution in [-0.2, 0) is 0 Å². The van der Waals surface area contributed by atoms with E-state index in [2.05, 4.69) is 19.9 Å². The van der Waals surface area contributed by atoms with E-state index < -0.39 is 5.56 Å². The summed E-state index contributed by atoms with van der Waals surface area (Å²) in [5.41, 5.74) is 1.36. The fourth-order valence-corrected chi connectivity index (χ4v) is 2.25. The Morgan fingerprint density at radius 3 is 2.70 bits per heavy atom. The minimum atomic E-state index is -0.647. The van der Waals surface area contributed by atoms with Gasteiger partial charge in [0.05, 0.1) is 22.3 Å². The molecule has 0 fully saturated rings. The van der Waals surface area contributed by atoms with Crippen molar-refractivity contribution in [3.63, 3.8) is 0 Å². The smallest absolute Gasteiger partial charge is 0.323 e. The number of hydrogen-bond donors (Lipinski definition) is 4. The first-order chi connectivity index (χ1) is 11.0. The van der Waals surface area contributed by atoms with E-state index in [4.69, 9.17) is 5.26 Å². The van der Waals surface area contributed by atoms with Gasteiger partial charge >= 0.3 is 5.69 Å². The van der Waals surface area contributed by atoms with Crippen LogP contribution in [0.1, 0.15) is 16.7 Å². The third-order valence-electron chi connectivity index (χ3n) is 3.45. The molecule has 1 aromatic carbocycles. The number of nitrogens with zero attached hydrogens (tertiary/aromatic N) is 2. The number of fused-ring (bicyclic) bond motifs is 1. The van der Waals surface area contributed by atoms with E-state index in [1.807, 2.05) is 0 Å². The lowest BCUT2D eigenvalue weighted by Gasteiger charge is -2.04. The maximum absolute atomic E-state index is 11.5. The quantitative estimate of drug-likeness (QED) is 0.528. The van der Waals surface area contributed by atoms with E-state index in [9.17, 15) is 14.7 Å². The second-order valence-corrected chi connectivity index (χ2v) is 4.90. The first-order valence-corrected chi connectivity index (χ1v) is 6.61. The lowest BCUT2D eigenvalue weighted by Crippen LogP contribution is -2.14. The van der Waals surface area contributed by atoms with Gasteiger partial charge in [-0.25, -0.2) is 4.79 Å². The Kier molecular flexibility index (Phi) is 3.31. The molecule has 23 heavy (non-hydrogen) atoms. The lowest BCUT2D eigenvalue weighted by atomic mass is 10.1. The summed E-state index contributed by atoms with van der Waals surface area (Å²) >= 11 is 0. The molecule has 2 aromatic heterocycles. The summed E-state index contributed by atoms with van der Waals surface area (Å²) in [6.07, 6.45) is 1.35. The monoisotopic (exact) mass is 309 g/mol. The molecule has 2 heterocycles. The van der Waals surface area contributed by atoms with Crippen molar-refractivity contribution in [3.8, 4) is 11.9 Å². The second kappa shape index (κ2) is 5.31. The molecule has 0 amide bonds. The zero-order chi connectivity index (χ0) is 16.6. The average Bonchev–Trinajstić information content (AvgIpc) is 2.86. The van der Waals surface area contributed by atoms with E-state index in [1.165, 1.54) is 6.21 Å². The van der Waals surface area contributed by atoms with Crippen LogP contribution in [0, 0.1) is 18.3 Å². The maximum atomic E-state index is 11.5. The molecular formula is C15H11N5O3. The van der Waals surface area contributed by atoms with Gasteiger partial charge in [-0.1, -0.05) is 0 Å². The van der Waals surface area contributed by atoms with Gasteiger partial charge in [-0.2, -0.15) is 5.26 Å². The second-order valence-electron chi connectivity index (χ2n) is 4.90. The highest BCUT2D eigenvalue weighted by Crippen LogP contribution is 2.20. The summed E-state index contributed by atoms with van der Waals surface area (Å²) in [6.45, 7) is 1.56. The van der Waals surface area contributed by atoms with Crippen LogP contribution in [0.4, 0.5) is 5.69 Å². The van der Waals surface area contributed by atoms with Crippen molar-refractivity contribution in [3.05, 3.63) is 55.7 Å². The molecule has 0 radical (unpaired) electrons. The number of nitrogens with one attached hydrogen (secondary N) is 3. The number of imidazole rings is 1. The molecule has 0 aliphatic heterocycles. The SMILES string of the molecule is Cc1c(C=Nc2ccc3[nH]c(=O)[nH]c3c2)c(O)[nH]c(=O)c1C#N. The Balaban J connectivity index is 2.06. The summed E-state index contributed by atoms with van der Waals surface area (Å²) < 4.78 is 0. The molecule has 0 spiro atoms. The zero-order valence-corrected chi connectivity index (χ0v) is 12.0. The van der Waals surface area contributed by atoms with Crippen LogP contribution in [0.15, 0.2) is 32.8 Å². The molecular weight excluding hydrogens is 298 g/mol. The number of aromatic amines is 3. The van der Waals surface area contributed by atoms with E-state index in [-0.39, 0.29) is 22.7 Å². The molecule has 3 rings (SSSR count). The molecule has 0 bridgehead atoms. The molecule has 4 N–H and O–H groups in total. The number of H-pyrrole nitrogens is 3. The van der Waals surface area contributed by atoms with Gasteiger partial charge in [-0.15, -0.1) is 0 Å². The van der Waals surface area contributed by atoms with Crippen LogP contribution in [0.25, 0.3) is 11.0 Å². The summed E-state index contributed by atoms with van der Waals surface area (Å²) in [5, 5.41) is 18.8. The predicted molar refractivity (Wildman–Crippen MR) is 84.4 cm³/mol. The van der Waals surface area contributed by atoms with Crippen molar-refractivity contribution in [1.29, 1.82) is 5.26 Å². The van der Waals surface area contributed by atoms with Gasteiger partial charge in [0.15, 0.2) is 0 Å². The summed E-state index contributed by atoms with van der Waals surface area (Å²) in [4.78, 5) is 34.4. The van der Waals surface area contributed by atoms with Crippen molar-refractivity contribution in [1.82, 2.24) is 15.0 Å². The summed E-state index contributed by atoms with van der Waals surface area (Å²) in [5.74, 6) is -0.355. The Morgan fingerprint density at radius 1 is 1.22 bits per heavy atom. The highest BCUT2D eigenvalue weighted by molar-refractivity contribution is 5.88. The van der Waals surface area contributed by atoms with E-state index in [0.29, 0.717) is 22.3 Å². The first-order valence-electron chi connectivity index (χ1n) is 6.61. The molecule has 3 aromatic rings. The lowest BCUT2D eigenvalue weighted by molar-refractivity contribution is 0.450. The molecule has 0 unspecified atom stereocenters. The number of aromatic nitrogens is 3. The van der Waals surface area contributed by atoms with Gasteiger partial charge in [0, 0.05) is 6.21 Å². The molecule has 114 valence electrons. The molecule has 8 nitrogen and oxygen atoms in total. The highest BCUT2D eigenvalue weighted by Gasteiger charge is 2.12. The third kappa shape index (κ3) is 2.51. The molecule has 8 heteroatoms. The van der Waals surface area contributed by atoms with Gasteiger partial charge in [0.1, 0.15) is 11.6 Å². The van der Waals surface area contributed by atoms with Gasteiger partial charge in [0.25, 0.3) is 5.56 Å². The topological polar surface area (TPSA) is 138 Å². The predicted octanol–water partition coefficient (Wildman–Crippen LogP) is 1.18. The van der Waals surface area contributed by atoms with Crippen LogP contribution in [0.5, 0.6) is 5.88 Å². The first kappa shape index (κ1) is 14.3. The molecule has 0 saturated carbocycles. The minimum absolute atomic E-state index is 0.0744. The molecule has 0 atom stereocenters. The zero-order valence-electron chi connectivity index (χ0n) is 12.0. The van der Waals surface area contributed by atoms with Crippen LogP contribution < -0.4 is 11.2 Å². The number of hydrogen-bond acceptors (Lipinski definition) is 5. The van der Waals surface area contributed by atoms with Crippen LogP contribution in [0.2, 0.25) is 0 Å². The Morgan fingerprint density at radius 2 is 1.96 bits per heavy atom. The average molecular weight is 309 g/mol. The minimum Gasteiger partial charge on any atom is -0.494 e. The van der Waals surface area contributed by atoms with Gasteiger partial charge in [-0.05, 0) is 30.7 Å². The number of rotatable bonds is 2.